The van der Waals surface area contributed by atoms with Gasteiger partial charge in [-0.2, -0.15) is 0 Å². The first kappa shape index (κ1) is 19.3. The molecule has 4 rings (SSSR count). The van der Waals surface area contributed by atoms with Crippen LogP contribution in [0.15, 0.2) is 54.6 Å². The minimum atomic E-state index is -0.653. The van der Waals surface area contributed by atoms with Crippen molar-refractivity contribution in [2.75, 3.05) is 12.8 Å². The van der Waals surface area contributed by atoms with Crippen LogP contribution >= 0.6 is 11.3 Å². The highest BCUT2D eigenvalue weighted by Crippen LogP contribution is 2.42. The number of para-hydroxylation sites is 1. The lowest BCUT2D eigenvalue weighted by Crippen LogP contribution is -2.10. The third-order valence-corrected chi connectivity index (χ3v) is 5.79. The van der Waals surface area contributed by atoms with Crippen molar-refractivity contribution < 1.29 is 14.5 Å². The molecule has 4 aromatic rings. The topological polar surface area (TPSA) is 134 Å². The summed E-state index contributed by atoms with van der Waals surface area (Å²) in [4.78, 5) is 28.0. The summed E-state index contributed by atoms with van der Waals surface area (Å²) >= 11 is 1.09. The van der Waals surface area contributed by atoms with E-state index < -0.39 is 10.8 Å². The highest BCUT2D eigenvalue weighted by Gasteiger charge is 2.21. The van der Waals surface area contributed by atoms with Crippen LogP contribution in [0.25, 0.3) is 32.6 Å². The smallest absolute Gasteiger partial charge is 0.270 e. The molecule has 30 heavy (non-hydrogen) atoms. The van der Waals surface area contributed by atoms with Gasteiger partial charge < -0.3 is 16.2 Å². The van der Waals surface area contributed by atoms with Gasteiger partial charge >= 0.3 is 0 Å². The predicted molar refractivity (Wildman–Crippen MR) is 117 cm³/mol. The normalized spacial score (nSPS) is 10.8. The summed E-state index contributed by atoms with van der Waals surface area (Å²) in [6.07, 6.45) is 0. The molecule has 0 saturated heterocycles. The SMILES string of the molecule is COc1ccccc1-c1cc(-c2cccc([N+](=O)[O-])c2)c2c(N)c(C(N)=O)sc2n1. The zero-order chi connectivity index (χ0) is 21.4. The second kappa shape index (κ2) is 7.45. The van der Waals surface area contributed by atoms with Crippen LogP contribution < -0.4 is 16.2 Å². The molecule has 0 unspecified atom stereocenters. The average Bonchev–Trinajstić information content (AvgIpc) is 3.10. The molecule has 0 bridgehead atoms. The summed E-state index contributed by atoms with van der Waals surface area (Å²) < 4.78 is 5.45. The van der Waals surface area contributed by atoms with Gasteiger partial charge in [0.1, 0.15) is 15.5 Å². The Balaban J connectivity index is 2.07. The number of aromatic nitrogens is 1. The Kier molecular flexibility index (Phi) is 4.80. The lowest BCUT2D eigenvalue weighted by atomic mass is 9.99. The maximum atomic E-state index is 11.9. The van der Waals surface area contributed by atoms with Crippen molar-refractivity contribution in [2.24, 2.45) is 5.73 Å². The van der Waals surface area contributed by atoms with Gasteiger partial charge in [-0.15, -0.1) is 11.3 Å². The fourth-order valence-corrected chi connectivity index (χ4v) is 4.28. The van der Waals surface area contributed by atoms with E-state index in [9.17, 15) is 14.9 Å². The lowest BCUT2D eigenvalue weighted by Gasteiger charge is -2.11. The fraction of sp³-hybridized carbons (Fsp3) is 0.0476. The molecule has 2 heterocycles. The maximum absolute atomic E-state index is 11.9. The Morgan fingerprint density at radius 3 is 2.60 bits per heavy atom. The van der Waals surface area contributed by atoms with Crippen molar-refractivity contribution >= 4 is 38.8 Å². The summed E-state index contributed by atoms with van der Waals surface area (Å²) in [6, 6.07) is 15.4. The van der Waals surface area contributed by atoms with Gasteiger partial charge in [-0.1, -0.05) is 24.3 Å². The molecule has 8 nitrogen and oxygen atoms in total. The average molecular weight is 420 g/mol. The van der Waals surface area contributed by atoms with Crippen molar-refractivity contribution in [1.82, 2.24) is 4.98 Å². The van der Waals surface area contributed by atoms with Crippen molar-refractivity contribution in [3.05, 3.63) is 69.6 Å². The van der Waals surface area contributed by atoms with Crippen molar-refractivity contribution in [2.45, 2.75) is 0 Å². The predicted octanol–water partition coefficient (Wildman–Crippen LogP) is 4.23. The first-order valence-electron chi connectivity index (χ1n) is 8.81. The number of pyridine rings is 1. The number of nitrogens with two attached hydrogens (primary N) is 2. The van der Waals surface area contributed by atoms with Gasteiger partial charge in [0.2, 0.25) is 0 Å². The fourth-order valence-electron chi connectivity index (χ4n) is 3.31. The molecule has 0 atom stereocenters. The number of benzene rings is 2. The van der Waals surface area contributed by atoms with Gasteiger partial charge in [-0.05, 0) is 29.3 Å². The number of methoxy groups -OCH3 is 1. The Labute approximate surface area is 174 Å². The molecule has 2 aromatic carbocycles. The summed E-state index contributed by atoms with van der Waals surface area (Å²) in [5.74, 6) is -0.0340. The first-order chi connectivity index (χ1) is 14.4. The second-order valence-electron chi connectivity index (χ2n) is 6.45. The standard InChI is InChI=1S/C21H16N4O4S/c1-29-16-8-3-2-7-13(16)15-10-14(11-5-4-6-12(9-11)25(27)28)17-18(22)19(20(23)26)30-21(17)24-15/h2-10H,22H2,1H3,(H2,23,26). The maximum Gasteiger partial charge on any atom is 0.270 e. The molecular weight excluding hydrogens is 404 g/mol. The van der Waals surface area contributed by atoms with E-state index in [1.165, 1.54) is 12.1 Å². The van der Waals surface area contributed by atoms with Gasteiger partial charge in [0, 0.05) is 23.1 Å². The van der Waals surface area contributed by atoms with Crippen LogP contribution in [0.4, 0.5) is 11.4 Å². The number of anilines is 1. The zero-order valence-corrected chi connectivity index (χ0v) is 16.6. The molecular formula is C21H16N4O4S. The highest BCUT2D eigenvalue weighted by molar-refractivity contribution is 7.21. The monoisotopic (exact) mass is 420 g/mol. The van der Waals surface area contributed by atoms with Gasteiger partial charge in [-0.25, -0.2) is 4.98 Å². The summed E-state index contributed by atoms with van der Waals surface area (Å²) in [7, 11) is 1.56. The van der Waals surface area contributed by atoms with E-state index >= 15 is 0 Å². The lowest BCUT2D eigenvalue weighted by molar-refractivity contribution is -0.384. The van der Waals surface area contributed by atoms with E-state index in [0.717, 1.165) is 16.9 Å². The van der Waals surface area contributed by atoms with Crippen LogP contribution in [0.3, 0.4) is 0 Å². The van der Waals surface area contributed by atoms with Crippen LogP contribution in [0.5, 0.6) is 5.75 Å². The number of carbonyl (C=O) groups excluding carboxylic acids is 1. The zero-order valence-electron chi connectivity index (χ0n) is 15.8. The van der Waals surface area contributed by atoms with Crippen molar-refractivity contribution in [1.29, 1.82) is 0 Å². The molecule has 0 aliphatic heterocycles. The molecule has 9 heteroatoms. The van der Waals surface area contributed by atoms with Crippen LogP contribution in [-0.2, 0) is 0 Å². The van der Waals surface area contributed by atoms with Crippen LogP contribution in [0.2, 0.25) is 0 Å². The molecule has 0 radical (unpaired) electrons. The Bertz CT molecular complexity index is 1320. The number of non-ortho nitro benzene ring substituents is 1. The number of hydrogen-bond donors (Lipinski definition) is 2. The van der Waals surface area contributed by atoms with Gasteiger partial charge in [0.25, 0.3) is 11.6 Å². The summed E-state index contributed by atoms with van der Waals surface area (Å²) in [5, 5.41) is 11.8. The van der Waals surface area contributed by atoms with E-state index in [0.29, 0.717) is 32.8 Å². The highest BCUT2D eigenvalue weighted by atomic mass is 32.1. The van der Waals surface area contributed by atoms with Crippen molar-refractivity contribution in [3.8, 4) is 28.1 Å². The Morgan fingerprint density at radius 2 is 1.90 bits per heavy atom. The number of nitro groups is 1. The second-order valence-corrected chi connectivity index (χ2v) is 7.45. The quantitative estimate of drug-likeness (QED) is 0.366. The molecule has 2 aromatic heterocycles. The molecule has 0 saturated carbocycles. The molecule has 1 amide bonds. The van der Waals surface area contributed by atoms with Gasteiger partial charge in [-0.3, -0.25) is 14.9 Å². The number of hydrogen-bond acceptors (Lipinski definition) is 7. The molecule has 0 aliphatic rings. The van der Waals surface area contributed by atoms with E-state index in [-0.39, 0.29) is 16.3 Å². The van der Waals surface area contributed by atoms with E-state index in [4.69, 9.17) is 16.2 Å². The van der Waals surface area contributed by atoms with Crippen LogP contribution in [0.1, 0.15) is 9.67 Å². The number of fused-ring (bicyclic) bond motifs is 1. The molecule has 150 valence electrons. The first-order valence-corrected chi connectivity index (χ1v) is 9.63. The number of nitrogen functional groups attached to an aromatic ring is 1. The number of nitro benzene ring substituents is 1. The third-order valence-electron chi connectivity index (χ3n) is 4.67. The number of rotatable bonds is 5. The van der Waals surface area contributed by atoms with E-state index in [1.54, 1.807) is 25.3 Å². The van der Waals surface area contributed by atoms with Crippen LogP contribution in [0, 0.1) is 10.1 Å². The Morgan fingerprint density at radius 1 is 1.13 bits per heavy atom. The number of amides is 1. The summed E-state index contributed by atoms with van der Waals surface area (Å²) in [6.45, 7) is 0. The number of thiophene rings is 1. The van der Waals surface area contributed by atoms with Crippen LogP contribution in [-0.4, -0.2) is 22.9 Å². The number of nitrogens with zero attached hydrogens (tertiary/aromatic N) is 2. The molecule has 0 spiro atoms. The summed E-state index contributed by atoms with van der Waals surface area (Å²) in [5.41, 5.74) is 14.4. The number of ether oxygens (including phenoxy) is 1. The van der Waals surface area contributed by atoms with Gasteiger partial charge in [0.05, 0.1) is 23.4 Å². The molecule has 4 N–H and O–H groups in total. The number of primary amides is 1. The largest absolute Gasteiger partial charge is 0.496 e. The van der Waals surface area contributed by atoms with E-state index in [1.807, 2.05) is 24.3 Å². The molecule has 0 fully saturated rings. The minimum absolute atomic E-state index is 0.0553. The Hall–Kier alpha value is -3.98. The van der Waals surface area contributed by atoms with Gasteiger partial charge in [0.15, 0.2) is 0 Å². The van der Waals surface area contributed by atoms with E-state index in [2.05, 4.69) is 4.98 Å². The molecule has 0 aliphatic carbocycles. The third kappa shape index (κ3) is 3.20. The van der Waals surface area contributed by atoms with Crippen molar-refractivity contribution in [3.63, 3.8) is 0 Å². The minimum Gasteiger partial charge on any atom is -0.496 e. The number of carbonyl (C=O) groups is 1.